The van der Waals surface area contributed by atoms with Crippen LogP contribution in [0.3, 0.4) is 0 Å². The lowest BCUT2D eigenvalue weighted by Gasteiger charge is -2.06. The third kappa shape index (κ3) is 4.54. The van der Waals surface area contributed by atoms with E-state index in [0.717, 1.165) is 5.69 Å². The minimum Gasteiger partial charge on any atom is -0.337 e. The number of aromatic nitrogens is 1. The third-order valence-corrected chi connectivity index (χ3v) is 1.89. The zero-order valence-corrected chi connectivity index (χ0v) is 9.41. The standard InChI is InChI=1S/C11H15N3O2/c1-8-4-3-5-10(13-8)14-11(16)12-7-6-9(2)15/h3-5H,6-7H2,1-2H3,(H2,12,13,14,16). The fourth-order valence-electron chi connectivity index (χ4n) is 1.13. The number of amides is 2. The summed E-state index contributed by atoms with van der Waals surface area (Å²) in [5, 5.41) is 5.16. The number of anilines is 1. The van der Waals surface area contributed by atoms with Crippen LogP contribution >= 0.6 is 0 Å². The summed E-state index contributed by atoms with van der Waals surface area (Å²) in [5.41, 5.74) is 0.835. The zero-order valence-electron chi connectivity index (χ0n) is 9.41. The van der Waals surface area contributed by atoms with Crippen molar-refractivity contribution in [3.05, 3.63) is 23.9 Å². The highest BCUT2D eigenvalue weighted by atomic mass is 16.2. The van der Waals surface area contributed by atoms with Gasteiger partial charge >= 0.3 is 6.03 Å². The molecule has 0 atom stereocenters. The first-order valence-corrected chi connectivity index (χ1v) is 5.06. The molecule has 0 unspecified atom stereocenters. The Bertz CT molecular complexity index is 391. The maximum Gasteiger partial charge on any atom is 0.320 e. The van der Waals surface area contributed by atoms with Crippen LogP contribution in [0, 0.1) is 6.92 Å². The van der Waals surface area contributed by atoms with Gasteiger partial charge in [-0.1, -0.05) is 6.07 Å². The van der Waals surface area contributed by atoms with Gasteiger partial charge in [0.15, 0.2) is 0 Å². The number of urea groups is 1. The first-order valence-electron chi connectivity index (χ1n) is 5.06. The van der Waals surface area contributed by atoms with Gasteiger partial charge in [-0.3, -0.25) is 10.1 Å². The lowest BCUT2D eigenvalue weighted by Crippen LogP contribution is -2.30. The smallest absolute Gasteiger partial charge is 0.320 e. The number of hydrogen-bond donors (Lipinski definition) is 2. The summed E-state index contributed by atoms with van der Waals surface area (Å²) < 4.78 is 0. The predicted octanol–water partition coefficient (Wildman–Crippen LogP) is 1.49. The molecule has 2 amide bonds. The molecule has 86 valence electrons. The minimum absolute atomic E-state index is 0.0500. The summed E-state index contributed by atoms with van der Waals surface area (Å²) in [6, 6.07) is 5.02. The molecule has 5 nitrogen and oxygen atoms in total. The van der Waals surface area contributed by atoms with Crippen molar-refractivity contribution in [1.82, 2.24) is 10.3 Å². The van der Waals surface area contributed by atoms with Crippen molar-refractivity contribution in [2.75, 3.05) is 11.9 Å². The SMILES string of the molecule is CC(=O)CCNC(=O)Nc1cccc(C)n1. The Morgan fingerprint density at radius 2 is 2.12 bits per heavy atom. The summed E-state index contributed by atoms with van der Waals surface area (Å²) in [6.07, 6.45) is 0.342. The van der Waals surface area contributed by atoms with E-state index in [1.807, 2.05) is 19.1 Å². The summed E-state index contributed by atoms with van der Waals surface area (Å²) in [7, 11) is 0. The molecule has 0 radical (unpaired) electrons. The number of aryl methyl sites for hydroxylation is 1. The molecule has 0 fully saturated rings. The highest BCUT2D eigenvalue weighted by molar-refractivity contribution is 5.88. The molecule has 5 heteroatoms. The molecule has 1 heterocycles. The number of hydrogen-bond acceptors (Lipinski definition) is 3. The van der Waals surface area contributed by atoms with E-state index in [1.165, 1.54) is 6.92 Å². The molecular weight excluding hydrogens is 206 g/mol. The van der Waals surface area contributed by atoms with Gasteiger partial charge in [-0.05, 0) is 26.0 Å². The zero-order chi connectivity index (χ0) is 12.0. The van der Waals surface area contributed by atoms with E-state index in [-0.39, 0.29) is 11.8 Å². The van der Waals surface area contributed by atoms with E-state index >= 15 is 0 Å². The van der Waals surface area contributed by atoms with Crippen LogP contribution in [0.25, 0.3) is 0 Å². The van der Waals surface area contributed by atoms with Crippen LogP contribution in [-0.4, -0.2) is 23.3 Å². The van der Waals surface area contributed by atoms with Crippen LogP contribution in [0.15, 0.2) is 18.2 Å². The fraction of sp³-hybridized carbons (Fsp3) is 0.364. The van der Waals surface area contributed by atoms with Crippen LogP contribution in [0.2, 0.25) is 0 Å². The molecule has 16 heavy (non-hydrogen) atoms. The van der Waals surface area contributed by atoms with Crippen LogP contribution in [0.1, 0.15) is 19.0 Å². The Morgan fingerprint density at radius 1 is 1.38 bits per heavy atom. The topological polar surface area (TPSA) is 71.1 Å². The van der Waals surface area contributed by atoms with Gasteiger partial charge in [0.25, 0.3) is 0 Å². The van der Waals surface area contributed by atoms with Gasteiger partial charge < -0.3 is 5.32 Å². The average Bonchev–Trinajstić information content (AvgIpc) is 2.16. The Morgan fingerprint density at radius 3 is 2.75 bits per heavy atom. The molecule has 0 aliphatic carbocycles. The molecular formula is C11H15N3O2. The molecule has 0 saturated carbocycles. The number of pyridine rings is 1. The Balaban J connectivity index is 2.37. The summed E-state index contributed by atoms with van der Waals surface area (Å²) in [4.78, 5) is 26.1. The monoisotopic (exact) mass is 221 g/mol. The van der Waals surface area contributed by atoms with E-state index in [0.29, 0.717) is 18.8 Å². The van der Waals surface area contributed by atoms with Gasteiger partial charge in [0.1, 0.15) is 11.6 Å². The minimum atomic E-state index is -0.348. The van der Waals surface area contributed by atoms with Crippen LogP contribution in [-0.2, 0) is 4.79 Å². The summed E-state index contributed by atoms with van der Waals surface area (Å²) >= 11 is 0. The van der Waals surface area contributed by atoms with Gasteiger partial charge in [0.2, 0.25) is 0 Å². The van der Waals surface area contributed by atoms with Crippen molar-refractivity contribution in [3.63, 3.8) is 0 Å². The quantitative estimate of drug-likeness (QED) is 0.809. The first kappa shape index (κ1) is 12.2. The number of nitrogens with zero attached hydrogens (tertiary/aromatic N) is 1. The van der Waals surface area contributed by atoms with E-state index < -0.39 is 0 Å². The Hall–Kier alpha value is -1.91. The molecule has 0 spiro atoms. The fourth-order valence-corrected chi connectivity index (χ4v) is 1.13. The van der Waals surface area contributed by atoms with Crippen LogP contribution < -0.4 is 10.6 Å². The molecule has 0 aromatic carbocycles. The molecule has 1 rings (SSSR count). The van der Waals surface area contributed by atoms with Crippen molar-refractivity contribution in [1.29, 1.82) is 0 Å². The number of Topliss-reactive ketones (excluding diaryl/α,β-unsaturated/α-hetero) is 1. The molecule has 0 aliphatic heterocycles. The average molecular weight is 221 g/mol. The van der Waals surface area contributed by atoms with Crippen LogP contribution in [0.4, 0.5) is 10.6 Å². The van der Waals surface area contributed by atoms with E-state index in [9.17, 15) is 9.59 Å². The normalized spacial score (nSPS) is 9.62. The van der Waals surface area contributed by atoms with Gasteiger partial charge in [-0.25, -0.2) is 9.78 Å². The van der Waals surface area contributed by atoms with Crippen LogP contribution in [0.5, 0.6) is 0 Å². The van der Waals surface area contributed by atoms with E-state index in [1.54, 1.807) is 6.07 Å². The van der Waals surface area contributed by atoms with Gasteiger partial charge in [-0.15, -0.1) is 0 Å². The van der Waals surface area contributed by atoms with Gasteiger partial charge in [-0.2, -0.15) is 0 Å². The van der Waals surface area contributed by atoms with Crippen molar-refractivity contribution in [2.24, 2.45) is 0 Å². The number of rotatable bonds is 4. The number of carbonyl (C=O) groups is 2. The maximum atomic E-state index is 11.3. The summed E-state index contributed by atoms with van der Waals surface area (Å²) in [5.74, 6) is 0.550. The number of nitrogens with one attached hydrogen (secondary N) is 2. The van der Waals surface area contributed by atoms with E-state index in [2.05, 4.69) is 15.6 Å². The molecule has 0 aliphatic rings. The largest absolute Gasteiger partial charge is 0.337 e. The van der Waals surface area contributed by atoms with E-state index in [4.69, 9.17) is 0 Å². The molecule has 1 aromatic heterocycles. The first-order chi connectivity index (χ1) is 7.58. The van der Waals surface area contributed by atoms with Gasteiger partial charge in [0.05, 0.1) is 0 Å². The molecule has 0 saturated heterocycles. The number of ketones is 1. The lowest BCUT2D eigenvalue weighted by atomic mass is 10.3. The van der Waals surface area contributed by atoms with Crippen molar-refractivity contribution in [3.8, 4) is 0 Å². The highest BCUT2D eigenvalue weighted by Crippen LogP contribution is 2.02. The predicted molar refractivity (Wildman–Crippen MR) is 61.3 cm³/mol. The second kappa shape index (κ2) is 5.85. The second-order valence-electron chi connectivity index (χ2n) is 3.50. The maximum absolute atomic E-state index is 11.3. The highest BCUT2D eigenvalue weighted by Gasteiger charge is 2.02. The molecule has 0 bridgehead atoms. The van der Waals surface area contributed by atoms with Gasteiger partial charge in [0, 0.05) is 18.7 Å². The lowest BCUT2D eigenvalue weighted by molar-refractivity contribution is -0.116. The van der Waals surface area contributed by atoms with Crippen molar-refractivity contribution in [2.45, 2.75) is 20.3 Å². The van der Waals surface area contributed by atoms with Crippen molar-refractivity contribution >= 4 is 17.6 Å². The van der Waals surface area contributed by atoms with Crippen molar-refractivity contribution < 1.29 is 9.59 Å². The number of carbonyl (C=O) groups excluding carboxylic acids is 2. The second-order valence-corrected chi connectivity index (χ2v) is 3.50. The molecule has 1 aromatic rings. The summed E-state index contributed by atoms with van der Waals surface area (Å²) in [6.45, 7) is 3.67. The Labute approximate surface area is 94.3 Å². The third-order valence-electron chi connectivity index (χ3n) is 1.89. The Kier molecular flexibility index (Phi) is 4.44. The molecule has 2 N–H and O–H groups in total.